The largest absolute Gasteiger partial charge is 0.441 e. The van der Waals surface area contributed by atoms with Crippen molar-refractivity contribution in [1.82, 2.24) is 15.2 Å². The standard InChI is InChI=1S/C24H27N3O3S/c1-16-6-3-4-12-27(16)24(29)22-17(2)30-23(26-22)19-10-8-18(9-11-19)15-25-21(28)14-20-7-5-13-31-20/h5,7-11,13,16H,3-4,6,12,14-15H2,1-2H3,(H,25,28). The molecule has 0 aliphatic carbocycles. The summed E-state index contributed by atoms with van der Waals surface area (Å²) >= 11 is 1.58. The van der Waals surface area contributed by atoms with E-state index in [-0.39, 0.29) is 17.9 Å². The van der Waals surface area contributed by atoms with Crippen LogP contribution in [0, 0.1) is 6.92 Å². The van der Waals surface area contributed by atoms with Crippen molar-refractivity contribution in [2.75, 3.05) is 6.54 Å². The van der Waals surface area contributed by atoms with Gasteiger partial charge in [0.25, 0.3) is 5.91 Å². The van der Waals surface area contributed by atoms with Gasteiger partial charge in [0.2, 0.25) is 11.8 Å². The van der Waals surface area contributed by atoms with E-state index in [4.69, 9.17) is 4.42 Å². The Hall–Kier alpha value is -2.93. The molecule has 1 fully saturated rings. The molecule has 0 spiro atoms. The van der Waals surface area contributed by atoms with Crippen LogP contribution in [0.15, 0.2) is 46.2 Å². The summed E-state index contributed by atoms with van der Waals surface area (Å²) in [4.78, 5) is 32.5. The molecule has 2 amide bonds. The Balaban J connectivity index is 1.39. The maximum atomic E-state index is 13.0. The van der Waals surface area contributed by atoms with Gasteiger partial charge in [-0.2, -0.15) is 0 Å². The summed E-state index contributed by atoms with van der Waals surface area (Å²) in [5, 5.41) is 4.91. The zero-order valence-corrected chi connectivity index (χ0v) is 18.7. The van der Waals surface area contributed by atoms with E-state index in [0.717, 1.165) is 41.8 Å². The molecule has 3 heterocycles. The molecule has 1 aliphatic heterocycles. The van der Waals surface area contributed by atoms with E-state index in [2.05, 4.69) is 17.2 Å². The van der Waals surface area contributed by atoms with Gasteiger partial charge >= 0.3 is 0 Å². The van der Waals surface area contributed by atoms with Gasteiger partial charge in [0, 0.05) is 29.6 Å². The van der Waals surface area contributed by atoms with E-state index < -0.39 is 0 Å². The van der Waals surface area contributed by atoms with E-state index in [1.807, 2.05) is 46.7 Å². The summed E-state index contributed by atoms with van der Waals surface area (Å²) in [7, 11) is 0. The number of aromatic nitrogens is 1. The van der Waals surface area contributed by atoms with Crippen LogP contribution in [0.1, 0.15) is 52.9 Å². The number of thiophene rings is 1. The van der Waals surface area contributed by atoms with E-state index in [0.29, 0.717) is 30.3 Å². The third kappa shape index (κ3) is 5.05. The van der Waals surface area contributed by atoms with Crippen LogP contribution >= 0.6 is 11.3 Å². The molecule has 4 rings (SSSR count). The number of piperidine rings is 1. The number of nitrogens with one attached hydrogen (secondary N) is 1. The zero-order valence-electron chi connectivity index (χ0n) is 17.9. The first-order valence-electron chi connectivity index (χ1n) is 10.7. The second kappa shape index (κ2) is 9.47. The minimum Gasteiger partial charge on any atom is -0.441 e. The molecule has 162 valence electrons. The van der Waals surface area contributed by atoms with Crippen LogP contribution in [0.25, 0.3) is 11.5 Å². The molecule has 1 aliphatic rings. The summed E-state index contributed by atoms with van der Waals surface area (Å²) in [5.41, 5.74) is 2.20. The first-order valence-corrected chi connectivity index (χ1v) is 11.6. The number of aryl methyl sites for hydroxylation is 1. The van der Waals surface area contributed by atoms with Gasteiger partial charge in [0.15, 0.2) is 5.69 Å². The van der Waals surface area contributed by atoms with Crippen molar-refractivity contribution in [3.05, 3.63) is 63.7 Å². The highest BCUT2D eigenvalue weighted by atomic mass is 32.1. The molecule has 1 unspecified atom stereocenters. The molecule has 6 nitrogen and oxygen atoms in total. The molecule has 1 aromatic carbocycles. The fraction of sp³-hybridized carbons (Fsp3) is 0.375. The van der Waals surface area contributed by atoms with Crippen LogP contribution in [0.4, 0.5) is 0 Å². The van der Waals surface area contributed by atoms with Gasteiger partial charge in [-0.25, -0.2) is 4.98 Å². The Morgan fingerprint density at radius 1 is 1.23 bits per heavy atom. The molecule has 1 N–H and O–H groups in total. The fourth-order valence-corrected chi connectivity index (χ4v) is 4.56. The summed E-state index contributed by atoms with van der Waals surface area (Å²) in [6, 6.07) is 11.8. The van der Waals surface area contributed by atoms with Crippen molar-refractivity contribution < 1.29 is 14.0 Å². The van der Waals surface area contributed by atoms with Crippen LogP contribution in [0.2, 0.25) is 0 Å². The van der Waals surface area contributed by atoms with E-state index in [1.165, 1.54) is 0 Å². The lowest BCUT2D eigenvalue weighted by atomic mass is 10.0. The third-order valence-corrected chi connectivity index (χ3v) is 6.54. The van der Waals surface area contributed by atoms with Gasteiger partial charge in [0.05, 0.1) is 6.42 Å². The van der Waals surface area contributed by atoms with Gasteiger partial charge < -0.3 is 14.6 Å². The summed E-state index contributed by atoms with van der Waals surface area (Å²) in [5.74, 6) is 0.941. The lowest BCUT2D eigenvalue weighted by Gasteiger charge is -2.32. The molecule has 2 aromatic heterocycles. The fourth-order valence-electron chi connectivity index (χ4n) is 3.85. The average Bonchev–Trinajstić information content (AvgIpc) is 3.42. The molecule has 1 atom stereocenters. The molecule has 31 heavy (non-hydrogen) atoms. The highest BCUT2D eigenvalue weighted by Gasteiger charge is 2.28. The van der Waals surface area contributed by atoms with Crippen LogP contribution in [0.3, 0.4) is 0 Å². The summed E-state index contributed by atoms with van der Waals surface area (Å²) < 4.78 is 5.82. The van der Waals surface area contributed by atoms with E-state index >= 15 is 0 Å². The number of rotatable bonds is 6. The van der Waals surface area contributed by atoms with E-state index in [9.17, 15) is 9.59 Å². The number of amides is 2. The highest BCUT2D eigenvalue weighted by Crippen LogP contribution is 2.25. The second-order valence-corrected chi connectivity index (χ2v) is 9.03. The molecule has 7 heteroatoms. The van der Waals surface area contributed by atoms with E-state index in [1.54, 1.807) is 18.3 Å². The zero-order chi connectivity index (χ0) is 21.8. The van der Waals surface area contributed by atoms with Crippen LogP contribution < -0.4 is 5.32 Å². The number of hydrogen-bond donors (Lipinski definition) is 1. The van der Waals surface area contributed by atoms with Crippen molar-refractivity contribution in [2.45, 2.75) is 52.1 Å². The van der Waals surface area contributed by atoms with Crippen molar-refractivity contribution in [3.63, 3.8) is 0 Å². The number of carbonyl (C=O) groups is 2. The quantitative estimate of drug-likeness (QED) is 0.612. The van der Waals surface area contributed by atoms with Crippen LogP contribution in [0.5, 0.6) is 0 Å². The predicted molar refractivity (Wildman–Crippen MR) is 121 cm³/mol. The number of benzene rings is 1. The molecule has 1 saturated heterocycles. The average molecular weight is 438 g/mol. The topological polar surface area (TPSA) is 75.4 Å². The van der Waals surface area contributed by atoms with Gasteiger partial charge in [-0.05, 0) is 62.3 Å². The molecular formula is C24H27N3O3S. The van der Waals surface area contributed by atoms with Gasteiger partial charge in [-0.3, -0.25) is 9.59 Å². The summed E-state index contributed by atoms with van der Waals surface area (Å²) in [6.07, 6.45) is 3.62. The maximum absolute atomic E-state index is 13.0. The monoisotopic (exact) mass is 437 g/mol. The SMILES string of the molecule is Cc1oc(-c2ccc(CNC(=O)Cc3cccs3)cc2)nc1C(=O)N1CCCCC1C. The predicted octanol–water partition coefficient (Wildman–Crippen LogP) is 4.59. The van der Waals surface area contributed by atoms with Gasteiger partial charge in [-0.1, -0.05) is 18.2 Å². The lowest BCUT2D eigenvalue weighted by Crippen LogP contribution is -2.42. The molecule has 0 radical (unpaired) electrons. The van der Waals surface area contributed by atoms with Gasteiger partial charge in [-0.15, -0.1) is 11.3 Å². The Morgan fingerprint density at radius 2 is 2.03 bits per heavy atom. The molecule has 0 saturated carbocycles. The smallest absolute Gasteiger partial charge is 0.276 e. The normalized spacial score (nSPS) is 16.3. The van der Waals surface area contributed by atoms with Crippen molar-refractivity contribution in [1.29, 1.82) is 0 Å². The Kier molecular flexibility index (Phi) is 6.51. The van der Waals surface area contributed by atoms with Crippen molar-refractivity contribution >= 4 is 23.2 Å². The van der Waals surface area contributed by atoms with Crippen LogP contribution in [-0.4, -0.2) is 34.3 Å². The number of hydrogen-bond acceptors (Lipinski definition) is 5. The minimum atomic E-state index is -0.0511. The number of oxazole rings is 1. The van der Waals surface area contributed by atoms with Crippen molar-refractivity contribution in [2.24, 2.45) is 0 Å². The van der Waals surface area contributed by atoms with Crippen LogP contribution in [-0.2, 0) is 17.8 Å². The number of carbonyl (C=O) groups excluding carboxylic acids is 2. The first-order chi connectivity index (χ1) is 15.0. The summed E-state index contributed by atoms with van der Waals surface area (Å²) in [6.45, 7) is 5.11. The molecular weight excluding hydrogens is 410 g/mol. The number of nitrogens with zero attached hydrogens (tertiary/aromatic N) is 2. The minimum absolute atomic E-state index is 0.00458. The molecule has 0 bridgehead atoms. The molecule has 3 aromatic rings. The first kappa shape index (κ1) is 21.3. The number of likely N-dealkylation sites (tertiary alicyclic amines) is 1. The van der Waals surface area contributed by atoms with Gasteiger partial charge in [0.1, 0.15) is 5.76 Å². The van der Waals surface area contributed by atoms with Crippen molar-refractivity contribution in [3.8, 4) is 11.5 Å². The highest BCUT2D eigenvalue weighted by molar-refractivity contribution is 7.10. The second-order valence-electron chi connectivity index (χ2n) is 8.00. The third-order valence-electron chi connectivity index (χ3n) is 5.67. The lowest BCUT2D eigenvalue weighted by molar-refractivity contribution is -0.120. The maximum Gasteiger partial charge on any atom is 0.276 e. The Labute approximate surface area is 186 Å². The Bertz CT molecular complexity index is 1040. The Morgan fingerprint density at radius 3 is 2.74 bits per heavy atom.